The number of ether oxygens (including phenoxy) is 2. The van der Waals surface area contributed by atoms with E-state index in [-0.39, 0.29) is 11.2 Å². The van der Waals surface area contributed by atoms with Gasteiger partial charge in [-0.25, -0.2) is 0 Å². The number of nitrogens with zero attached hydrogens (tertiary/aromatic N) is 3. The van der Waals surface area contributed by atoms with E-state index in [9.17, 15) is 4.79 Å². The molecule has 0 unspecified atom stereocenters. The fraction of sp³-hybridized carbons (Fsp3) is 0.421. The van der Waals surface area contributed by atoms with Crippen LogP contribution in [-0.2, 0) is 20.8 Å². The zero-order chi connectivity index (χ0) is 19.2. The molecule has 0 bridgehead atoms. The fourth-order valence-corrected chi connectivity index (χ4v) is 3.85. The number of nitrogens with one attached hydrogen (secondary N) is 1. The molecule has 0 radical (unpaired) electrons. The van der Waals surface area contributed by atoms with Gasteiger partial charge < -0.3 is 14.5 Å². The Morgan fingerprint density at radius 2 is 2.11 bits per heavy atom. The van der Waals surface area contributed by atoms with Crippen LogP contribution in [0.5, 0.6) is 0 Å². The summed E-state index contributed by atoms with van der Waals surface area (Å²) in [7, 11) is 1.66. The van der Waals surface area contributed by atoms with Gasteiger partial charge in [-0.2, -0.15) is 0 Å². The largest absolute Gasteiger partial charge is 0.465 e. The van der Waals surface area contributed by atoms with Crippen molar-refractivity contribution in [2.75, 3.05) is 20.3 Å². The molecule has 0 aliphatic rings. The molecule has 3 aromatic rings. The summed E-state index contributed by atoms with van der Waals surface area (Å²) in [6.07, 6.45) is 2.60. The van der Waals surface area contributed by atoms with Gasteiger partial charge in [0.15, 0.2) is 11.0 Å². The lowest BCUT2D eigenvalue weighted by atomic mass is 10.1. The van der Waals surface area contributed by atoms with Crippen molar-refractivity contribution in [3.05, 3.63) is 30.5 Å². The molecule has 27 heavy (non-hydrogen) atoms. The molecule has 0 fully saturated rings. The second kappa shape index (κ2) is 9.05. The maximum absolute atomic E-state index is 12.2. The van der Waals surface area contributed by atoms with E-state index in [2.05, 4.69) is 21.2 Å². The van der Waals surface area contributed by atoms with Gasteiger partial charge in [0.2, 0.25) is 0 Å². The third kappa shape index (κ3) is 4.17. The average molecular weight is 388 g/mol. The molecule has 0 amide bonds. The maximum atomic E-state index is 12.2. The Balaban J connectivity index is 1.97. The molecule has 8 heteroatoms. The molecular weight excluding hydrogens is 364 g/mol. The number of rotatable bonds is 9. The molecule has 2 aromatic heterocycles. The van der Waals surface area contributed by atoms with Crippen LogP contribution in [0.3, 0.4) is 0 Å². The topological polar surface area (TPSA) is 82.0 Å². The fourth-order valence-electron chi connectivity index (χ4n) is 2.88. The molecular formula is C19H24N4O3S. The van der Waals surface area contributed by atoms with Gasteiger partial charge >= 0.3 is 5.97 Å². The highest BCUT2D eigenvalue weighted by molar-refractivity contribution is 8.00. The first-order valence-electron chi connectivity index (χ1n) is 9.01. The lowest BCUT2D eigenvalue weighted by Gasteiger charge is -2.14. The first-order chi connectivity index (χ1) is 13.2. The van der Waals surface area contributed by atoms with E-state index in [0.717, 1.165) is 22.3 Å². The van der Waals surface area contributed by atoms with Crippen LogP contribution in [0.2, 0.25) is 0 Å². The smallest absolute Gasteiger partial charge is 0.319 e. The number of fused-ring (bicyclic) bond motifs is 1. The molecule has 0 spiro atoms. The predicted octanol–water partition coefficient (Wildman–Crippen LogP) is 3.51. The molecule has 3 rings (SSSR count). The Morgan fingerprint density at radius 1 is 1.30 bits per heavy atom. The second-order valence-electron chi connectivity index (χ2n) is 5.97. The van der Waals surface area contributed by atoms with Gasteiger partial charge in [-0.05, 0) is 19.4 Å². The number of esters is 1. The molecule has 144 valence electrons. The molecule has 0 aliphatic carbocycles. The second-order valence-corrected chi connectivity index (χ2v) is 7.14. The molecule has 7 nitrogen and oxygen atoms in total. The minimum absolute atomic E-state index is 0.222. The molecule has 0 saturated heterocycles. The number of para-hydroxylation sites is 1. The van der Waals surface area contributed by atoms with Crippen LogP contribution in [0, 0.1) is 0 Å². The number of aromatic nitrogens is 4. The van der Waals surface area contributed by atoms with Gasteiger partial charge in [-0.1, -0.05) is 36.9 Å². The van der Waals surface area contributed by atoms with Crippen LogP contribution in [0.1, 0.15) is 20.3 Å². The van der Waals surface area contributed by atoms with Crippen molar-refractivity contribution in [3.63, 3.8) is 0 Å². The normalized spacial score (nSPS) is 12.4. The van der Waals surface area contributed by atoms with E-state index in [0.29, 0.717) is 31.3 Å². The van der Waals surface area contributed by atoms with Gasteiger partial charge in [-0.15, -0.1) is 10.2 Å². The van der Waals surface area contributed by atoms with E-state index < -0.39 is 0 Å². The van der Waals surface area contributed by atoms with Gasteiger partial charge in [0.05, 0.1) is 19.8 Å². The monoisotopic (exact) mass is 388 g/mol. The number of hydrogen-bond donors (Lipinski definition) is 1. The molecule has 1 atom stereocenters. The highest BCUT2D eigenvalue weighted by Crippen LogP contribution is 2.32. The molecule has 0 saturated carbocycles. The first kappa shape index (κ1) is 19.4. The van der Waals surface area contributed by atoms with E-state index in [1.807, 2.05) is 42.8 Å². The number of carbonyl (C=O) groups is 1. The Labute approximate surface area is 162 Å². The summed E-state index contributed by atoms with van der Waals surface area (Å²) in [6.45, 7) is 5.26. The van der Waals surface area contributed by atoms with Crippen molar-refractivity contribution >= 4 is 28.6 Å². The Morgan fingerprint density at radius 3 is 2.85 bits per heavy atom. The Kier molecular flexibility index (Phi) is 6.52. The van der Waals surface area contributed by atoms with E-state index in [1.54, 1.807) is 7.11 Å². The molecule has 1 N–H and O–H groups in total. The zero-order valence-corrected chi connectivity index (χ0v) is 16.6. The number of methoxy groups -OCH3 is 1. The molecule has 0 aliphatic heterocycles. The highest BCUT2D eigenvalue weighted by Gasteiger charge is 2.24. The van der Waals surface area contributed by atoms with Crippen molar-refractivity contribution in [1.82, 2.24) is 19.7 Å². The lowest BCUT2D eigenvalue weighted by molar-refractivity contribution is -0.142. The number of carbonyl (C=O) groups excluding carboxylic acids is 1. The quantitative estimate of drug-likeness (QED) is 0.446. The SMILES string of the molecule is CCOC(=O)[C@H](CC)Sc1nnc(-c2c[nH]c3ccccc23)n1CCOC. The van der Waals surface area contributed by atoms with E-state index >= 15 is 0 Å². The Bertz CT molecular complexity index is 905. The van der Waals surface area contributed by atoms with Crippen LogP contribution in [0.15, 0.2) is 35.6 Å². The predicted molar refractivity (Wildman–Crippen MR) is 106 cm³/mol. The van der Waals surface area contributed by atoms with Crippen molar-refractivity contribution < 1.29 is 14.3 Å². The average Bonchev–Trinajstić information content (AvgIpc) is 3.28. The van der Waals surface area contributed by atoms with Gasteiger partial charge in [0.25, 0.3) is 0 Å². The van der Waals surface area contributed by atoms with Gasteiger partial charge in [0.1, 0.15) is 5.25 Å². The first-order valence-corrected chi connectivity index (χ1v) is 9.89. The highest BCUT2D eigenvalue weighted by atomic mass is 32.2. The standard InChI is InChI=1S/C19H24N4O3S/c1-4-16(18(24)26-5-2)27-19-22-21-17(23(19)10-11-25-3)14-12-20-15-9-7-6-8-13(14)15/h6-9,12,16,20H,4-5,10-11H2,1-3H3/t16-/m0/s1. The number of H-pyrrole nitrogens is 1. The zero-order valence-electron chi connectivity index (χ0n) is 15.8. The van der Waals surface area contributed by atoms with Crippen LogP contribution >= 0.6 is 11.8 Å². The number of benzene rings is 1. The Hall–Kier alpha value is -2.32. The van der Waals surface area contributed by atoms with Gasteiger partial charge in [0, 0.05) is 29.8 Å². The third-order valence-electron chi connectivity index (χ3n) is 4.23. The van der Waals surface area contributed by atoms with Crippen molar-refractivity contribution in [2.45, 2.75) is 37.2 Å². The van der Waals surface area contributed by atoms with Crippen molar-refractivity contribution in [2.24, 2.45) is 0 Å². The van der Waals surface area contributed by atoms with E-state index in [4.69, 9.17) is 9.47 Å². The van der Waals surface area contributed by atoms with Crippen LogP contribution in [0.4, 0.5) is 0 Å². The number of aromatic amines is 1. The minimum atomic E-state index is -0.314. The summed E-state index contributed by atoms with van der Waals surface area (Å²) in [4.78, 5) is 15.5. The third-order valence-corrected chi connectivity index (χ3v) is 5.56. The summed E-state index contributed by atoms with van der Waals surface area (Å²) < 4.78 is 12.4. The number of thioether (sulfide) groups is 1. The van der Waals surface area contributed by atoms with Crippen LogP contribution in [0.25, 0.3) is 22.3 Å². The van der Waals surface area contributed by atoms with Crippen LogP contribution < -0.4 is 0 Å². The lowest BCUT2D eigenvalue weighted by Crippen LogP contribution is -2.20. The van der Waals surface area contributed by atoms with Gasteiger partial charge in [-0.3, -0.25) is 9.36 Å². The van der Waals surface area contributed by atoms with E-state index in [1.165, 1.54) is 11.8 Å². The molecule has 1 aromatic carbocycles. The molecule has 2 heterocycles. The van der Waals surface area contributed by atoms with Crippen molar-refractivity contribution in [1.29, 1.82) is 0 Å². The maximum Gasteiger partial charge on any atom is 0.319 e. The number of hydrogen-bond acceptors (Lipinski definition) is 6. The summed E-state index contributed by atoms with van der Waals surface area (Å²) in [5, 5.41) is 10.2. The van der Waals surface area contributed by atoms with Crippen molar-refractivity contribution in [3.8, 4) is 11.4 Å². The summed E-state index contributed by atoms with van der Waals surface area (Å²) in [6, 6.07) is 8.07. The summed E-state index contributed by atoms with van der Waals surface area (Å²) in [5.74, 6) is 0.533. The summed E-state index contributed by atoms with van der Waals surface area (Å²) in [5.41, 5.74) is 2.02. The minimum Gasteiger partial charge on any atom is -0.465 e. The summed E-state index contributed by atoms with van der Waals surface area (Å²) >= 11 is 1.39. The van der Waals surface area contributed by atoms with Crippen LogP contribution in [-0.4, -0.2) is 51.3 Å².